The highest BCUT2D eigenvalue weighted by molar-refractivity contribution is 9.10. The Labute approximate surface area is 124 Å². The van der Waals surface area contributed by atoms with Gasteiger partial charge in [-0.1, -0.05) is 28.9 Å². The van der Waals surface area contributed by atoms with E-state index in [9.17, 15) is 5.11 Å². The van der Waals surface area contributed by atoms with E-state index in [0.29, 0.717) is 6.04 Å². The molecule has 2 rings (SSSR count). The van der Waals surface area contributed by atoms with Crippen LogP contribution < -0.4 is 10.2 Å². The summed E-state index contributed by atoms with van der Waals surface area (Å²) >= 11 is 3.66. The Kier molecular flexibility index (Phi) is 5.67. The molecule has 0 amide bonds. The third-order valence-electron chi connectivity index (χ3n) is 3.79. The minimum atomic E-state index is 0.216. The Morgan fingerprint density at radius 2 is 2.21 bits per heavy atom. The highest BCUT2D eigenvalue weighted by Gasteiger charge is 2.25. The van der Waals surface area contributed by atoms with Gasteiger partial charge in [0.25, 0.3) is 0 Å². The van der Waals surface area contributed by atoms with Crippen LogP contribution in [0, 0.1) is 0 Å². The van der Waals surface area contributed by atoms with Crippen LogP contribution in [0.1, 0.15) is 31.7 Å². The molecule has 0 aliphatic heterocycles. The van der Waals surface area contributed by atoms with E-state index in [0.717, 1.165) is 24.1 Å². The monoisotopic (exact) mass is 326 g/mol. The Hall–Kier alpha value is -0.580. The Morgan fingerprint density at radius 1 is 1.42 bits per heavy atom. The molecule has 0 radical (unpaired) electrons. The lowest BCUT2D eigenvalue weighted by Crippen LogP contribution is -2.42. The van der Waals surface area contributed by atoms with E-state index in [-0.39, 0.29) is 6.61 Å². The van der Waals surface area contributed by atoms with E-state index >= 15 is 0 Å². The van der Waals surface area contributed by atoms with Crippen molar-refractivity contribution < 1.29 is 5.11 Å². The number of nitrogens with zero attached hydrogens (tertiary/aromatic N) is 1. The standard InChI is InChI=1S/C15H23BrN2O/c1-2-17-11-12-6-7-14(10-15(12)16)18(8-9-19)13-4-3-5-13/h6-7,10,13,17,19H,2-5,8-9,11H2,1H3. The number of benzene rings is 1. The van der Waals surface area contributed by atoms with Crippen molar-refractivity contribution in [2.75, 3.05) is 24.6 Å². The van der Waals surface area contributed by atoms with Gasteiger partial charge in [-0.05, 0) is 43.5 Å². The van der Waals surface area contributed by atoms with Crippen molar-refractivity contribution in [2.24, 2.45) is 0 Å². The van der Waals surface area contributed by atoms with E-state index in [2.05, 4.69) is 51.3 Å². The van der Waals surface area contributed by atoms with Gasteiger partial charge in [-0.2, -0.15) is 0 Å². The van der Waals surface area contributed by atoms with Crippen molar-refractivity contribution in [3.8, 4) is 0 Å². The molecule has 3 nitrogen and oxygen atoms in total. The van der Waals surface area contributed by atoms with Crippen molar-refractivity contribution in [3.05, 3.63) is 28.2 Å². The second-order valence-corrected chi connectivity index (χ2v) is 5.91. The second kappa shape index (κ2) is 7.27. The van der Waals surface area contributed by atoms with Crippen molar-refractivity contribution in [1.82, 2.24) is 5.32 Å². The topological polar surface area (TPSA) is 35.5 Å². The molecule has 1 saturated carbocycles. The lowest BCUT2D eigenvalue weighted by atomic mass is 9.91. The van der Waals surface area contributed by atoms with Gasteiger partial charge in [-0.25, -0.2) is 0 Å². The minimum Gasteiger partial charge on any atom is -0.395 e. The Bertz CT molecular complexity index is 407. The third kappa shape index (κ3) is 3.71. The lowest BCUT2D eigenvalue weighted by molar-refractivity contribution is 0.283. The molecule has 19 heavy (non-hydrogen) atoms. The molecule has 0 saturated heterocycles. The molecule has 1 aromatic rings. The molecule has 0 unspecified atom stereocenters. The van der Waals surface area contributed by atoms with Gasteiger partial charge < -0.3 is 15.3 Å². The average Bonchev–Trinajstić information content (AvgIpc) is 2.34. The van der Waals surface area contributed by atoms with Gasteiger partial charge in [0, 0.05) is 29.3 Å². The summed E-state index contributed by atoms with van der Waals surface area (Å²) in [4.78, 5) is 2.34. The molecule has 106 valence electrons. The van der Waals surface area contributed by atoms with Crippen LogP contribution in [-0.2, 0) is 6.54 Å². The largest absolute Gasteiger partial charge is 0.395 e. The van der Waals surface area contributed by atoms with Gasteiger partial charge in [0.15, 0.2) is 0 Å². The smallest absolute Gasteiger partial charge is 0.0606 e. The molecular formula is C15H23BrN2O. The minimum absolute atomic E-state index is 0.216. The highest BCUT2D eigenvalue weighted by Crippen LogP contribution is 2.31. The third-order valence-corrected chi connectivity index (χ3v) is 4.53. The van der Waals surface area contributed by atoms with Crippen LogP contribution in [0.15, 0.2) is 22.7 Å². The number of rotatable bonds is 7. The van der Waals surface area contributed by atoms with Crippen molar-refractivity contribution in [2.45, 2.75) is 38.8 Å². The summed E-state index contributed by atoms with van der Waals surface area (Å²) in [5, 5.41) is 12.6. The summed E-state index contributed by atoms with van der Waals surface area (Å²) in [6.07, 6.45) is 3.81. The van der Waals surface area contributed by atoms with Crippen molar-refractivity contribution in [1.29, 1.82) is 0 Å². The zero-order valence-electron chi connectivity index (χ0n) is 11.5. The first-order valence-electron chi connectivity index (χ1n) is 7.13. The van der Waals surface area contributed by atoms with Gasteiger partial charge >= 0.3 is 0 Å². The number of aliphatic hydroxyl groups excluding tert-OH is 1. The van der Waals surface area contributed by atoms with E-state index in [1.165, 1.54) is 30.5 Å². The zero-order valence-corrected chi connectivity index (χ0v) is 13.1. The summed E-state index contributed by atoms with van der Waals surface area (Å²) in [6, 6.07) is 7.13. The molecule has 0 bridgehead atoms. The summed E-state index contributed by atoms with van der Waals surface area (Å²) < 4.78 is 1.15. The number of halogens is 1. The maximum atomic E-state index is 9.24. The Balaban J connectivity index is 2.11. The number of aliphatic hydroxyl groups is 1. The van der Waals surface area contributed by atoms with Crippen LogP contribution in [0.3, 0.4) is 0 Å². The molecule has 0 atom stereocenters. The molecule has 1 aliphatic rings. The number of hydrogen-bond acceptors (Lipinski definition) is 3. The van der Waals surface area contributed by atoms with E-state index in [4.69, 9.17) is 0 Å². The lowest BCUT2D eigenvalue weighted by Gasteiger charge is -2.39. The molecule has 4 heteroatoms. The maximum absolute atomic E-state index is 9.24. The van der Waals surface area contributed by atoms with Crippen molar-refractivity contribution in [3.63, 3.8) is 0 Å². The maximum Gasteiger partial charge on any atom is 0.0606 e. The fourth-order valence-corrected chi connectivity index (χ4v) is 2.95. The summed E-state index contributed by atoms with van der Waals surface area (Å²) in [6.45, 7) is 4.92. The van der Waals surface area contributed by atoms with Crippen LogP contribution in [0.4, 0.5) is 5.69 Å². The first-order chi connectivity index (χ1) is 9.26. The molecular weight excluding hydrogens is 304 g/mol. The van der Waals surface area contributed by atoms with Crippen molar-refractivity contribution >= 4 is 21.6 Å². The fourth-order valence-electron chi connectivity index (χ4n) is 2.45. The molecule has 0 heterocycles. The summed E-state index contributed by atoms with van der Waals surface area (Å²) in [5.74, 6) is 0. The van der Waals surface area contributed by atoms with Gasteiger partial charge in [0.05, 0.1) is 6.61 Å². The Morgan fingerprint density at radius 3 is 2.74 bits per heavy atom. The van der Waals surface area contributed by atoms with Gasteiger partial charge in [-0.3, -0.25) is 0 Å². The molecule has 0 aromatic heterocycles. The predicted molar refractivity (Wildman–Crippen MR) is 83.6 cm³/mol. The van der Waals surface area contributed by atoms with Gasteiger partial charge in [-0.15, -0.1) is 0 Å². The van der Waals surface area contributed by atoms with Crippen LogP contribution in [-0.4, -0.2) is 30.8 Å². The quantitative estimate of drug-likeness (QED) is 0.808. The normalized spacial score (nSPS) is 15.3. The zero-order chi connectivity index (χ0) is 13.7. The summed E-state index contributed by atoms with van der Waals surface area (Å²) in [5.41, 5.74) is 2.49. The van der Waals surface area contributed by atoms with Gasteiger partial charge in [0.2, 0.25) is 0 Å². The molecule has 1 fully saturated rings. The first kappa shape index (κ1) is 14.8. The van der Waals surface area contributed by atoms with E-state index < -0.39 is 0 Å². The first-order valence-corrected chi connectivity index (χ1v) is 7.92. The molecule has 1 aliphatic carbocycles. The molecule has 1 aromatic carbocycles. The second-order valence-electron chi connectivity index (χ2n) is 5.06. The van der Waals surface area contributed by atoms with E-state index in [1.54, 1.807) is 0 Å². The van der Waals surface area contributed by atoms with Crippen LogP contribution in [0.2, 0.25) is 0 Å². The number of nitrogens with one attached hydrogen (secondary N) is 1. The van der Waals surface area contributed by atoms with Crippen LogP contribution in [0.25, 0.3) is 0 Å². The van der Waals surface area contributed by atoms with Crippen LogP contribution >= 0.6 is 15.9 Å². The highest BCUT2D eigenvalue weighted by atomic mass is 79.9. The van der Waals surface area contributed by atoms with Crippen LogP contribution in [0.5, 0.6) is 0 Å². The number of hydrogen-bond donors (Lipinski definition) is 2. The van der Waals surface area contributed by atoms with E-state index in [1.807, 2.05) is 0 Å². The fraction of sp³-hybridized carbons (Fsp3) is 0.600. The molecule has 0 spiro atoms. The summed E-state index contributed by atoms with van der Waals surface area (Å²) in [7, 11) is 0. The molecule has 2 N–H and O–H groups in total. The SMILES string of the molecule is CCNCc1ccc(N(CCO)C2CCC2)cc1Br. The average molecular weight is 327 g/mol. The van der Waals surface area contributed by atoms with Gasteiger partial charge in [0.1, 0.15) is 0 Å². The predicted octanol–water partition coefficient (Wildman–Crippen LogP) is 2.91. The number of anilines is 1.